The smallest absolute Gasteiger partial charge is 0.340 e. The van der Waals surface area contributed by atoms with Crippen molar-refractivity contribution in [2.75, 3.05) is 14.2 Å². The Morgan fingerprint density at radius 2 is 2.15 bits per heavy atom. The molecule has 0 N–H and O–H groups in total. The normalized spacial score (nSPS) is 10.1. The van der Waals surface area contributed by atoms with E-state index in [1.807, 2.05) is 30.3 Å². The van der Waals surface area contributed by atoms with Gasteiger partial charge in [0, 0.05) is 23.0 Å². The number of thioether (sulfide) groups is 1. The van der Waals surface area contributed by atoms with Gasteiger partial charge in [0.15, 0.2) is 0 Å². The molecule has 2 aromatic rings. The average molecular weight is 289 g/mol. The maximum absolute atomic E-state index is 11.7. The van der Waals surface area contributed by atoms with Gasteiger partial charge >= 0.3 is 5.97 Å². The highest BCUT2D eigenvalue weighted by Crippen LogP contribution is 2.27. The highest BCUT2D eigenvalue weighted by atomic mass is 32.2. The molecule has 0 bridgehead atoms. The van der Waals surface area contributed by atoms with Gasteiger partial charge in [0.2, 0.25) is 0 Å². The molecule has 1 aromatic carbocycles. The van der Waals surface area contributed by atoms with Gasteiger partial charge in [0.25, 0.3) is 0 Å². The summed E-state index contributed by atoms with van der Waals surface area (Å²) in [5, 5.41) is 0. The number of methoxy groups -OCH3 is 2. The zero-order chi connectivity index (χ0) is 14.4. The third-order valence-electron chi connectivity index (χ3n) is 2.71. The van der Waals surface area contributed by atoms with Crippen LogP contribution in [0.1, 0.15) is 15.9 Å². The van der Waals surface area contributed by atoms with Crippen LogP contribution in [0.5, 0.6) is 5.75 Å². The summed E-state index contributed by atoms with van der Waals surface area (Å²) < 4.78 is 9.95. The van der Waals surface area contributed by atoms with E-state index in [9.17, 15) is 4.79 Å². The number of rotatable bonds is 5. The lowest BCUT2D eigenvalue weighted by Gasteiger charge is -2.07. The van der Waals surface area contributed by atoms with Gasteiger partial charge in [-0.15, -0.1) is 11.8 Å². The van der Waals surface area contributed by atoms with E-state index < -0.39 is 0 Å². The SMILES string of the molecule is COC(=O)c1cnccc1SCc1cccc(OC)c1. The van der Waals surface area contributed by atoms with Gasteiger partial charge in [-0.05, 0) is 23.8 Å². The van der Waals surface area contributed by atoms with Gasteiger partial charge in [0.1, 0.15) is 5.75 Å². The number of aromatic nitrogens is 1. The first kappa shape index (κ1) is 14.4. The number of hydrogen-bond acceptors (Lipinski definition) is 5. The highest BCUT2D eigenvalue weighted by molar-refractivity contribution is 7.98. The Labute approximate surface area is 122 Å². The Morgan fingerprint density at radius 1 is 1.30 bits per heavy atom. The third kappa shape index (κ3) is 3.51. The predicted molar refractivity (Wildman–Crippen MR) is 78.1 cm³/mol. The van der Waals surface area contributed by atoms with Crippen molar-refractivity contribution in [2.24, 2.45) is 0 Å². The second-order valence-electron chi connectivity index (χ2n) is 4.00. The first-order valence-electron chi connectivity index (χ1n) is 6.02. The molecule has 0 unspecified atom stereocenters. The van der Waals surface area contributed by atoms with E-state index in [0.717, 1.165) is 22.0 Å². The zero-order valence-electron chi connectivity index (χ0n) is 11.3. The molecule has 0 fully saturated rings. The van der Waals surface area contributed by atoms with Gasteiger partial charge < -0.3 is 9.47 Å². The number of ether oxygens (including phenoxy) is 2. The monoisotopic (exact) mass is 289 g/mol. The average Bonchev–Trinajstić information content (AvgIpc) is 2.52. The topological polar surface area (TPSA) is 48.4 Å². The standard InChI is InChI=1S/C15H15NO3S/c1-18-12-5-3-4-11(8-12)10-20-14-6-7-16-9-13(14)15(17)19-2/h3-9H,10H2,1-2H3. The van der Waals surface area contributed by atoms with Crippen molar-refractivity contribution in [2.45, 2.75) is 10.6 Å². The predicted octanol–water partition coefficient (Wildman–Crippen LogP) is 3.17. The van der Waals surface area contributed by atoms with Gasteiger partial charge in [-0.3, -0.25) is 4.98 Å². The summed E-state index contributed by atoms with van der Waals surface area (Å²) in [5.41, 5.74) is 1.62. The molecule has 0 saturated heterocycles. The van der Waals surface area contributed by atoms with E-state index in [1.54, 1.807) is 25.1 Å². The van der Waals surface area contributed by atoms with E-state index in [1.165, 1.54) is 13.3 Å². The third-order valence-corrected chi connectivity index (χ3v) is 3.86. The van der Waals surface area contributed by atoms with Crippen molar-refractivity contribution in [1.29, 1.82) is 0 Å². The molecule has 1 heterocycles. The molecule has 0 atom stereocenters. The first-order valence-corrected chi connectivity index (χ1v) is 7.01. The van der Waals surface area contributed by atoms with Gasteiger partial charge in [-0.1, -0.05) is 12.1 Å². The van der Waals surface area contributed by atoms with Gasteiger partial charge in [-0.2, -0.15) is 0 Å². The number of carbonyl (C=O) groups excluding carboxylic acids is 1. The Morgan fingerprint density at radius 3 is 2.90 bits per heavy atom. The van der Waals surface area contributed by atoms with Gasteiger partial charge in [0.05, 0.1) is 19.8 Å². The fraction of sp³-hybridized carbons (Fsp3) is 0.200. The number of esters is 1. The van der Waals surface area contributed by atoms with Crippen molar-refractivity contribution in [3.05, 3.63) is 53.9 Å². The Balaban J connectivity index is 2.12. The lowest BCUT2D eigenvalue weighted by atomic mass is 10.2. The van der Waals surface area contributed by atoms with Crippen molar-refractivity contribution < 1.29 is 14.3 Å². The van der Waals surface area contributed by atoms with Crippen molar-refractivity contribution in [3.8, 4) is 5.75 Å². The maximum atomic E-state index is 11.7. The van der Waals surface area contributed by atoms with E-state index in [-0.39, 0.29) is 5.97 Å². The zero-order valence-corrected chi connectivity index (χ0v) is 12.1. The number of carbonyl (C=O) groups is 1. The number of benzene rings is 1. The van der Waals surface area contributed by atoms with Crippen LogP contribution in [-0.2, 0) is 10.5 Å². The molecular formula is C15H15NO3S. The van der Waals surface area contributed by atoms with Crippen LogP contribution in [0, 0.1) is 0 Å². The molecule has 0 spiro atoms. The summed E-state index contributed by atoms with van der Waals surface area (Å²) in [6.45, 7) is 0. The highest BCUT2D eigenvalue weighted by Gasteiger charge is 2.12. The van der Waals surface area contributed by atoms with Gasteiger partial charge in [-0.25, -0.2) is 4.79 Å². The molecule has 0 amide bonds. The molecule has 0 saturated carbocycles. The lowest BCUT2D eigenvalue weighted by molar-refractivity contribution is 0.0596. The maximum Gasteiger partial charge on any atom is 0.340 e. The first-order chi connectivity index (χ1) is 9.74. The second-order valence-corrected chi connectivity index (χ2v) is 5.02. The summed E-state index contributed by atoms with van der Waals surface area (Å²) in [6, 6.07) is 9.67. The molecule has 2 rings (SSSR count). The molecule has 5 heteroatoms. The van der Waals surface area contributed by atoms with Crippen LogP contribution in [-0.4, -0.2) is 25.2 Å². The van der Waals surface area contributed by atoms with Crippen molar-refractivity contribution in [3.63, 3.8) is 0 Å². The van der Waals surface area contributed by atoms with Crippen LogP contribution in [0.3, 0.4) is 0 Å². The van der Waals surface area contributed by atoms with Crippen LogP contribution in [0.4, 0.5) is 0 Å². The number of hydrogen-bond donors (Lipinski definition) is 0. The van der Waals surface area contributed by atoms with Crippen LogP contribution in [0.25, 0.3) is 0 Å². The summed E-state index contributed by atoms with van der Waals surface area (Å²) in [6.07, 6.45) is 3.19. The molecule has 4 nitrogen and oxygen atoms in total. The van der Waals surface area contributed by atoms with E-state index in [4.69, 9.17) is 9.47 Å². The number of pyridine rings is 1. The van der Waals surface area contributed by atoms with E-state index in [2.05, 4.69) is 4.98 Å². The van der Waals surface area contributed by atoms with E-state index >= 15 is 0 Å². The van der Waals surface area contributed by atoms with Crippen LogP contribution < -0.4 is 4.74 Å². The summed E-state index contributed by atoms with van der Waals surface area (Å²) in [7, 11) is 3.01. The molecule has 0 radical (unpaired) electrons. The van der Waals surface area contributed by atoms with Crippen LogP contribution in [0.15, 0.2) is 47.6 Å². The Kier molecular flexibility index (Phi) is 5.01. The Hall–Kier alpha value is -2.01. The fourth-order valence-electron chi connectivity index (χ4n) is 1.69. The largest absolute Gasteiger partial charge is 0.497 e. The minimum absolute atomic E-state index is 0.369. The number of nitrogens with zero attached hydrogens (tertiary/aromatic N) is 1. The van der Waals surface area contributed by atoms with Crippen LogP contribution in [0.2, 0.25) is 0 Å². The molecule has 104 valence electrons. The molecule has 20 heavy (non-hydrogen) atoms. The minimum atomic E-state index is -0.369. The van der Waals surface area contributed by atoms with Crippen molar-refractivity contribution >= 4 is 17.7 Å². The summed E-state index contributed by atoms with van der Waals surface area (Å²) in [4.78, 5) is 16.5. The summed E-state index contributed by atoms with van der Waals surface area (Å²) in [5.74, 6) is 1.20. The second kappa shape index (κ2) is 6.96. The fourth-order valence-corrected chi connectivity index (χ4v) is 2.64. The van der Waals surface area contributed by atoms with Crippen LogP contribution >= 0.6 is 11.8 Å². The molecule has 0 aliphatic carbocycles. The molecule has 0 aliphatic rings. The molecule has 0 aliphatic heterocycles. The minimum Gasteiger partial charge on any atom is -0.497 e. The Bertz CT molecular complexity index is 601. The summed E-state index contributed by atoms with van der Waals surface area (Å²) >= 11 is 1.57. The van der Waals surface area contributed by atoms with Crippen molar-refractivity contribution in [1.82, 2.24) is 4.98 Å². The lowest BCUT2D eigenvalue weighted by Crippen LogP contribution is -2.03. The van der Waals surface area contributed by atoms with E-state index in [0.29, 0.717) is 5.56 Å². The molecular weight excluding hydrogens is 274 g/mol. The quantitative estimate of drug-likeness (QED) is 0.625. The molecule has 1 aromatic heterocycles.